The first-order chi connectivity index (χ1) is 10.2. The minimum absolute atomic E-state index is 0.246. The number of hydrogen-bond donors (Lipinski definition) is 0. The minimum Gasteiger partial charge on any atom is -0.267 e. The van der Waals surface area contributed by atoms with Gasteiger partial charge in [-0.25, -0.2) is 4.52 Å². The molecule has 0 unspecified atom stereocenters. The summed E-state index contributed by atoms with van der Waals surface area (Å²) in [6, 6.07) is 11.0. The van der Waals surface area contributed by atoms with Gasteiger partial charge in [0.25, 0.3) is 11.5 Å². The Morgan fingerprint density at radius 2 is 2.05 bits per heavy atom. The Kier molecular flexibility index (Phi) is 2.61. The summed E-state index contributed by atoms with van der Waals surface area (Å²) in [6.07, 6.45) is 3.41. The predicted molar refractivity (Wildman–Crippen MR) is 81.6 cm³/mol. The van der Waals surface area contributed by atoms with E-state index >= 15 is 0 Å². The van der Waals surface area contributed by atoms with Gasteiger partial charge in [-0.3, -0.25) is 4.79 Å². The molecule has 0 radical (unpaired) electrons. The van der Waals surface area contributed by atoms with Crippen molar-refractivity contribution in [3.8, 4) is 5.95 Å². The molecule has 3 aromatic heterocycles. The fraction of sp³-hybridized carbons (Fsp3) is 0. The van der Waals surface area contributed by atoms with Gasteiger partial charge in [-0.15, -0.1) is 5.10 Å². The molecule has 0 aliphatic heterocycles. The van der Waals surface area contributed by atoms with Gasteiger partial charge in [-0.05, 0) is 24.3 Å². The monoisotopic (exact) mass is 341 g/mol. The van der Waals surface area contributed by atoms with Crippen molar-refractivity contribution in [2.75, 3.05) is 0 Å². The molecule has 21 heavy (non-hydrogen) atoms. The Balaban J connectivity index is 2.01. The summed E-state index contributed by atoms with van der Waals surface area (Å²) in [7, 11) is 0. The van der Waals surface area contributed by atoms with E-state index in [0.29, 0.717) is 11.0 Å². The van der Waals surface area contributed by atoms with E-state index < -0.39 is 0 Å². The highest BCUT2D eigenvalue weighted by molar-refractivity contribution is 9.10. The van der Waals surface area contributed by atoms with Gasteiger partial charge in [0.15, 0.2) is 5.65 Å². The van der Waals surface area contributed by atoms with Crippen molar-refractivity contribution in [1.29, 1.82) is 0 Å². The van der Waals surface area contributed by atoms with Gasteiger partial charge in [0.05, 0.1) is 11.6 Å². The van der Waals surface area contributed by atoms with E-state index in [4.69, 9.17) is 0 Å². The summed E-state index contributed by atoms with van der Waals surface area (Å²) in [5, 5.41) is 9.77. The summed E-state index contributed by atoms with van der Waals surface area (Å²) in [5.41, 5.74) is 0.417. The van der Waals surface area contributed by atoms with Gasteiger partial charge in [0.2, 0.25) is 0 Å². The fourth-order valence-corrected chi connectivity index (χ4v) is 2.53. The standard InChI is InChI=1S/C14H8BrN5O/c15-10-5-4-9-8-16-20(13(21)11(9)7-10)14-17-12-3-1-2-6-19(12)18-14/h1-8H. The molecule has 0 N–H and O–H groups in total. The molecule has 0 aliphatic carbocycles. The zero-order valence-corrected chi connectivity index (χ0v) is 12.2. The average molecular weight is 342 g/mol. The quantitative estimate of drug-likeness (QED) is 0.532. The van der Waals surface area contributed by atoms with E-state index in [1.807, 2.05) is 30.3 Å². The molecule has 0 fully saturated rings. The highest BCUT2D eigenvalue weighted by atomic mass is 79.9. The first-order valence-electron chi connectivity index (χ1n) is 6.22. The van der Waals surface area contributed by atoms with Crippen molar-refractivity contribution in [2.45, 2.75) is 0 Å². The molecule has 1 aromatic carbocycles. The molecule has 0 bridgehead atoms. The maximum Gasteiger partial charge on any atom is 0.282 e. The maximum atomic E-state index is 12.5. The van der Waals surface area contributed by atoms with Crippen LogP contribution in [-0.4, -0.2) is 24.4 Å². The third-order valence-electron chi connectivity index (χ3n) is 3.17. The molecule has 0 saturated carbocycles. The van der Waals surface area contributed by atoms with Gasteiger partial charge in [0, 0.05) is 16.1 Å². The van der Waals surface area contributed by atoms with Gasteiger partial charge < -0.3 is 0 Å². The summed E-state index contributed by atoms with van der Waals surface area (Å²) < 4.78 is 3.66. The van der Waals surface area contributed by atoms with E-state index in [1.54, 1.807) is 23.0 Å². The third kappa shape index (κ3) is 1.93. The molecule has 0 spiro atoms. The van der Waals surface area contributed by atoms with Crippen LogP contribution in [0.1, 0.15) is 0 Å². The van der Waals surface area contributed by atoms with Crippen molar-refractivity contribution in [3.05, 3.63) is 63.6 Å². The van der Waals surface area contributed by atoms with Gasteiger partial charge in [0.1, 0.15) is 0 Å². The highest BCUT2D eigenvalue weighted by Crippen LogP contribution is 2.16. The number of aromatic nitrogens is 5. The first kappa shape index (κ1) is 12.2. The van der Waals surface area contributed by atoms with E-state index in [0.717, 1.165) is 9.86 Å². The Labute approximate surface area is 126 Å². The lowest BCUT2D eigenvalue weighted by Gasteiger charge is -2.01. The van der Waals surface area contributed by atoms with Crippen LogP contribution in [0.2, 0.25) is 0 Å². The van der Waals surface area contributed by atoms with Crippen molar-refractivity contribution in [2.24, 2.45) is 0 Å². The number of pyridine rings is 1. The van der Waals surface area contributed by atoms with Gasteiger partial charge in [-0.1, -0.05) is 28.1 Å². The highest BCUT2D eigenvalue weighted by Gasteiger charge is 2.11. The van der Waals surface area contributed by atoms with E-state index in [1.165, 1.54) is 4.68 Å². The molecule has 3 heterocycles. The Hall–Kier alpha value is -2.54. The number of rotatable bonds is 1. The topological polar surface area (TPSA) is 65.1 Å². The summed E-state index contributed by atoms with van der Waals surface area (Å²) in [5.74, 6) is 0.257. The van der Waals surface area contributed by atoms with Crippen molar-refractivity contribution < 1.29 is 0 Å². The zero-order chi connectivity index (χ0) is 14.4. The Bertz CT molecular complexity index is 1000. The van der Waals surface area contributed by atoms with E-state index in [2.05, 4.69) is 31.1 Å². The predicted octanol–water partition coefficient (Wildman–Crippen LogP) is 2.19. The van der Waals surface area contributed by atoms with E-state index in [-0.39, 0.29) is 11.5 Å². The minimum atomic E-state index is -0.246. The number of hydrogen-bond acceptors (Lipinski definition) is 4. The molecule has 0 atom stereocenters. The van der Waals surface area contributed by atoms with Crippen LogP contribution in [0.3, 0.4) is 0 Å². The van der Waals surface area contributed by atoms with Crippen LogP contribution in [0, 0.1) is 0 Å². The number of benzene rings is 1. The molecular formula is C14H8BrN5O. The lowest BCUT2D eigenvalue weighted by atomic mass is 10.2. The van der Waals surface area contributed by atoms with Crippen LogP contribution >= 0.6 is 15.9 Å². The lowest BCUT2D eigenvalue weighted by molar-refractivity contribution is 0.757. The van der Waals surface area contributed by atoms with Crippen molar-refractivity contribution in [1.82, 2.24) is 24.4 Å². The zero-order valence-electron chi connectivity index (χ0n) is 10.6. The van der Waals surface area contributed by atoms with Gasteiger partial charge >= 0.3 is 0 Å². The van der Waals surface area contributed by atoms with Crippen LogP contribution in [0.4, 0.5) is 0 Å². The molecule has 6 nitrogen and oxygen atoms in total. The normalized spacial score (nSPS) is 11.3. The Morgan fingerprint density at radius 1 is 1.14 bits per heavy atom. The average Bonchev–Trinajstić information content (AvgIpc) is 2.92. The molecule has 0 amide bonds. The lowest BCUT2D eigenvalue weighted by Crippen LogP contribution is -2.22. The molecular weight excluding hydrogens is 334 g/mol. The molecule has 4 rings (SSSR count). The number of nitrogens with zero attached hydrogens (tertiary/aromatic N) is 5. The third-order valence-corrected chi connectivity index (χ3v) is 3.66. The van der Waals surface area contributed by atoms with Crippen LogP contribution in [-0.2, 0) is 0 Å². The van der Waals surface area contributed by atoms with Crippen LogP contribution < -0.4 is 5.56 Å². The second-order valence-corrected chi connectivity index (χ2v) is 5.42. The second-order valence-electron chi connectivity index (χ2n) is 4.51. The first-order valence-corrected chi connectivity index (χ1v) is 7.01. The second kappa shape index (κ2) is 4.49. The summed E-state index contributed by atoms with van der Waals surface area (Å²) in [4.78, 5) is 16.9. The molecule has 102 valence electrons. The van der Waals surface area contributed by atoms with E-state index in [9.17, 15) is 4.79 Å². The molecule has 4 aromatic rings. The number of halogens is 1. The fourth-order valence-electron chi connectivity index (χ4n) is 2.16. The van der Waals surface area contributed by atoms with Crippen LogP contribution in [0.5, 0.6) is 0 Å². The SMILES string of the molecule is O=c1c2cc(Br)ccc2cnn1-c1nc2ccccn2n1. The molecule has 0 saturated heterocycles. The van der Waals surface area contributed by atoms with Crippen molar-refractivity contribution >= 4 is 32.3 Å². The smallest absolute Gasteiger partial charge is 0.267 e. The van der Waals surface area contributed by atoms with Crippen LogP contribution in [0.15, 0.2) is 58.1 Å². The van der Waals surface area contributed by atoms with Crippen molar-refractivity contribution in [3.63, 3.8) is 0 Å². The van der Waals surface area contributed by atoms with Crippen LogP contribution in [0.25, 0.3) is 22.4 Å². The number of fused-ring (bicyclic) bond motifs is 2. The molecule has 7 heteroatoms. The summed E-state index contributed by atoms with van der Waals surface area (Å²) >= 11 is 3.37. The molecule has 0 aliphatic rings. The maximum absolute atomic E-state index is 12.5. The Morgan fingerprint density at radius 3 is 2.90 bits per heavy atom. The largest absolute Gasteiger partial charge is 0.282 e. The van der Waals surface area contributed by atoms with Gasteiger partial charge in [-0.2, -0.15) is 14.8 Å². The summed E-state index contributed by atoms with van der Waals surface area (Å²) in [6.45, 7) is 0.